The van der Waals surface area contributed by atoms with Gasteiger partial charge in [-0.1, -0.05) is 6.07 Å². The first-order valence-corrected chi connectivity index (χ1v) is 6.63. The summed E-state index contributed by atoms with van der Waals surface area (Å²) in [5.74, 6) is 0.819. The number of hydrogen-bond acceptors (Lipinski definition) is 3. The molecule has 1 amide bonds. The first-order valence-electron chi connectivity index (χ1n) is 6.63. The molecule has 1 aromatic rings. The lowest BCUT2D eigenvalue weighted by Gasteiger charge is -2.08. The Kier molecular flexibility index (Phi) is 9.55. The van der Waals surface area contributed by atoms with Crippen LogP contribution in [0.4, 0.5) is 0 Å². The van der Waals surface area contributed by atoms with Crippen molar-refractivity contribution in [3.8, 4) is 0 Å². The van der Waals surface area contributed by atoms with Crippen molar-refractivity contribution < 1.29 is 4.79 Å². The van der Waals surface area contributed by atoms with Crippen molar-refractivity contribution in [1.82, 2.24) is 15.6 Å². The number of rotatable bonds is 5. The molecule has 1 fully saturated rings. The van der Waals surface area contributed by atoms with Crippen molar-refractivity contribution in [3.05, 3.63) is 29.6 Å². The molecule has 1 aliphatic heterocycles. The minimum atomic E-state index is 0. The summed E-state index contributed by atoms with van der Waals surface area (Å²) in [4.78, 5) is 15.9. The molecule has 6 heteroatoms. The van der Waals surface area contributed by atoms with Gasteiger partial charge in [-0.05, 0) is 50.4 Å². The SMILES string of the molecule is Cc1ccc(CNC(=O)CCC2CCNC2)cn1.Cl.Cl. The smallest absolute Gasteiger partial charge is 0.220 e. The average molecular weight is 320 g/mol. The van der Waals surface area contributed by atoms with E-state index in [9.17, 15) is 4.79 Å². The monoisotopic (exact) mass is 319 g/mol. The third-order valence-electron chi connectivity index (χ3n) is 3.40. The molecule has 114 valence electrons. The normalized spacial score (nSPS) is 16.9. The van der Waals surface area contributed by atoms with Crippen LogP contribution >= 0.6 is 24.8 Å². The number of halogens is 2. The van der Waals surface area contributed by atoms with Crippen LogP contribution in [-0.4, -0.2) is 24.0 Å². The van der Waals surface area contributed by atoms with Crippen LogP contribution < -0.4 is 10.6 Å². The molecule has 0 saturated carbocycles. The molecular formula is C14H23Cl2N3O. The molecule has 1 saturated heterocycles. The fourth-order valence-corrected chi connectivity index (χ4v) is 2.19. The summed E-state index contributed by atoms with van der Waals surface area (Å²) in [5, 5.41) is 6.26. The molecule has 4 nitrogen and oxygen atoms in total. The lowest BCUT2D eigenvalue weighted by Crippen LogP contribution is -2.23. The average Bonchev–Trinajstić information content (AvgIpc) is 2.89. The molecule has 0 spiro atoms. The first kappa shape index (κ1) is 19.2. The van der Waals surface area contributed by atoms with Gasteiger partial charge in [0, 0.05) is 24.9 Å². The molecule has 20 heavy (non-hydrogen) atoms. The van der Waals surface area contributed by atoms with Crippen LogP contribution in [0.25, 0.3) is 0 Å². The Morgan fingerprint density at radius 2 is 2.25 bits per heavy atom. The van der Waals surface area contributed by atoms with E-state index in [1.54, 1.807) is 0 Å². The first-order chi connectivity index (χ1) is 8.74. The zero-order valence-electron chi connectivity index (χ0n) is 11.7. The quantitative estimate of drug-likeness (QED) is 0.875. The van der Waals surface area contributed by atoms with E-state index in [-0.39, 0.29) is 30.7 Å². The molecule has 1 atom stereocenters. The third kappa shape index (κ3) is 6.55. The number of aromatic nitrogens is 1. The van der Waals surface area contributed by atoms with E-state index in [2.05, 4.69) is 15.6 Å². The van der Waals surface area contributed by atoms with Gasteiger partial charge in [-0.25, -0.2) is 0 Å². The van der Waals surface area contributed by atoms with Crippen LogP contribution in [0, 0.1) is 12.8 Å². The Bertz CT molecular complexity index is 392. The van der Waals surface area contributed by atoms with Crippen molar-refractivity contribution in [2.24, 2.45) is 5.92 Å². The van der Waals surface area contributed by atoms with Crippen molar-refractivity contribution in [1.29, 1.82) is 0 Å². The number of nitrogens with zero attached hydrogens (tertiary/aromatic N) is 1. The van der Waals surface area contributed by atoms with E-state index in [0.29, 0.717) is 18.9 Å². The molecule has 0 aliphatic carbocycles. The largest absolute Gasteiger partial charge is 0.352 e. The van der Waals surface area contributed by atoms with E-state index >= 15 is 0 Å². The van der Waals surface area contributed by atoms with Gasteiger partial charge in [0.2, 0.25) is 5.91 Å². The maximum Gasteiger partial charge on any atom is 0.220 e. The highest BCUT2D eigenvalue weighted by molar-refractivity contribution is 5.85. The van der Waals surface area contributed by atoms with E-state index in [1.807, 2.05) is 25.3 Å². The van der Waals surface area contributed by atoms with Gasteiger partial charge in [-0.2, -0.15) is 0 Å². The van der Waals surface area contributed by atoms with Crippen molar-refractivity contribution in [3.63, 3.8) is 0 Å². The molecule has 2 rings (SSSR count). The molecule has 1 aromatic heterocycles. The number of hydrogen-bond donors (Lipinski definition) is 2. The maximum atomic E-state index is 11.7. The second-order valence-electron chi connectivity index (χ2n) is 4.98. The Labute approximate surface area is 132 Å². The minimum Gasteiger partial charge on any atom is -0.352 e. The molecule has 0 bridgehead atoms. The fourth-order valence-electron chi connectivity index (χ4n) is 2.19. The number of pyridine rings is 1. The summed E-state index contributed by atoms with van der Waals surface area (Å²) in [6.07, 6.45) is 4.64. The molecule has 0 radical (unpaired) electrons. The summed E-state index contributed by atoms with van der Waals surface area (Å²) in [7, 11) is 0. The number of aryl methyl sites for hydroxylation is 1. The van der Waals surface area contributed by atoms with Gasteiger partial charge < -0.3 is 10.6 Å². The van der Waals surface area contributed by atoms with Crippen LogP contribution in [-0.2, 0) is 11.3 Å². The Morgan fingerprint density at radius 1 is 1.45 bits per heavy atom. The van der Waals surface area contributed by atoms with Gasteiger partial charge >= 0.3 is 0 Å². The molecule has 0 aromatic carbocycles. The van der Waals surface area contributed by atoms with Crippen molar-refractivity contribution in [2.45, 2.75) is 32.7 Å². The molecular weight excluding hydrogens is 297 g/mol. The van der Waals surface area contributed by atoms with Gasteiger partial charge in [0.15, 0.2) is 0 Å². The summed E-state index contributed by atoms with van der Waals surface area (Å²) in [6.45, 7) is 4.70. The number of carbonyl (C=O) groups excluding carboxylic acids is 1. The summed E-state index contributed by atoms with van der Waals surface area (Å²) >= 11 is 0. The predicted octanol–water partition coefficient (Wildman–Crippen LogP) is 2.24. The highest BCUT2D eigenvalue weighted by atomic mass is 35.5. The van der Waals surface area contributed by atoms with Gasteiger partial charge in [0.1, 0.15) is 0 Å². The fraction of sp³-hybridized carbons (Fsp3) is 0.571. The lowest BCUT2D eigenvalue weighted by atomic mass is 10.0. The zero-order chi connectivity index (χ0) is 12.8. The second-order valence-corrected chi connectivity index (χ2v) is 4.98. The van der Waals surface area contributed by atoms with E-state index in [0.717, 1.165) is 30.8 Å². The minimum absolute atomic E-state index is 0. The van der Waals surface area contributed by atoms with Crippen molar-refractivity contribution >= 4 is 30.7 Å². The Morgan fingerprint density at radius 3 is 2.85 bits per heavy atom. The summed E-state index contributed by atoms with van der Waals surface area (Å²) < 4.78 is 0. The van der Waals surface area contributed by atoms with Crippen molar-refractivity contribution in [2.75, 3.05) is 13.1 Å². The number of amides is 1. The standard InChI is InChI=1S/C14H21N3O.2ClH/c1-11-2-3-13(9-16-11)10-17-14(18)5-4-12-6-7-15-8-12;;/h2-3,9,12,15H,4-8,10H2,1H3,(H,17,18);2*1H. The molecule has 2 N–H and O–H groups in total. The highest BCUT2D eigenvalue weighted by Gasteiger charge is 2.15. The predicted molar refractivity (Wildman–Crippen MR) is 85.5 cm³/mol. The second kappa shape index (κ2) is 9.97. The van der Waals surface area contributed by atoms with Crippen LogP contribution in [0.5, 0.6) is 0 Å². The number of nitrogens with one attached hydrogen (secondary N) is 2. The third-order valence-corrected chi connectivity index (χ3v) is 3.40. The van der Waals surface area contributed by atoms with E-state index < -0.39 is 0 Å². The molecule has 1 unspecified atom stereocenters. The zero-order valence-corrected chi connectivity index (χ0v) is 13.4. The van der Waals surface area contributed by atoms with E-state index in [4.69, 9.17) is 0 Å². The van der Waals surface area contributed by atoms with Crippen LogP contribution in [0.2, 0.25) is 0 Å². The number of carbonyl (C=O) groups is 1. The summed E-state index contributed by atoms with van der Waals surface area (Å²) in [5.41, 5.74) is 2.05. The Balaban J connectivity index is 0.00000180. The van der Waals surface area contributed by atoms with Gasteiger partial charge in [0.05, 0.1) is 0 Å². The van der Waals surface area contributed by atoms with Crippen LogP contribution in [0.15, 0.2) is 18.3 Å². The summed E-state index contributed by atoms with van der Waals surface area (Å²) in [6, 6.07) is 3.97. The lowest BCUT2D eigenvalue weighted by molar-refractivity contribution is -0.121. The van der Waals surface area contributed by atoms with Gasteiger partial charge in [-0.15, -0.1) is 24.8 Å². The van der Waals surface area contributed by atoms with Crippen LogP contribution in [0.1, 0.15) is 30.5 Å². The topological polar surface area (TPSA) is 54.0 Å². The molecule has 1 aliphatic rings. The van der Waals surface area contributed by atoms with E-state index in [1.165, 1.54) is 6.42 Å². The highest BCUT2D eigenvalue weighted by Crippen LogP contribution is 2.13. The maximum absolute atomic E-state index is 11.7. The van der Waals surface area contributed by atoms with Gasteiger partial charge in [0.25, 0.3) is 0 Å². The van der Waals surface area contributed by atoms with Crippen LogP contribution in [0.3, 0.4) is 0 Å². The Hall–Kier alpha value is -0.840. The van der Waals surface area contributed by atoms with Gasteiger partial charge in [-0.3, -0.25) is 9.78 Å². The molecule has 2 heterocycles.